The van der Waals surface area contributed by atoms with E-state index in [1.54, 1.807) is 0 Å². The molecule has 1 aromatic heterocycles. The van der Waals surface area contributed by atoms with E-state index in [1.165, 1.54) is 11.3 Å². The third-order valence-corrected chi connectivity index (χ3v) is 6.92. The van der Waals surface area contributed by atoms with Gasteiger partial charge in [-0.3, -0.25) is 4.79 Å². The van der Waals surface area contributed by atoms with E-state index in [4.69, 9.17) is 34.8 Å². The van der Waals surface area contributed by atoms with Gasteiger partial charge in [0, 0.05) is 4.88 Å². The number of alkyl halides is 3. The molecule has 0 amide bonds. The number of halogens is 6. The summed E-state index contributed by atoms with van der Waals surface area (Å²) in [6, 6.07) is 2.13. The number of thiophene rings is 1. The molecule has 8 heteroatoms. The van der Waals surface area contributed by atoms with Gasteiger partial charge >= 0.3 is 6.18 Å². The van der Waals surface area contributed by atoms with Crippen LogP contribution < -0.4 is 0 Å². The maximum Gasteiger partial charge on any atom is 0.417 e. The second kappa shape index (κ2) is 7.78. The van der Waals surface area contributed by atoms with Crippen LogP contribution in [0.1, 0.15) is 44.1 Å². The highest BCUT2D eigenvalue weighted by molar-refractivity contribution is 7.14. The summed E-state index contributed by atoms with van der Waals surface area (Å²) in [5, 5.41) is -0.241. The third-order valence-electron chi connectivity index (χ3n) is 4.52. The zero-order valence-corrected chi connectivity index (χ0v) is 17.2. The third kappa shape index (κ3) is 4.21. The fourth-order valence-corrected chi connectivity index (χ4v) is 5.02. The number of fused-ring (bicyclic) bond motifs is 1. The van der Waals surface area contributed by atoms with Crippen molar-refractivity contribution in [2.75, 3.05) is 0 Å². The van der Waals surface area contributed by atoms with Crippen LogP contribution in [0.25, 0.3) is 5.57 Å². The van der Waals surface area contributed by atoms with Gasteiger partial charge in [0.1, 0.15) is 0 Å². The zero-order chi connectivity index (χ0) is 19.9. The van der Waals surface area contributed by atoms with Crippen LogP contribution in [0, 0.1) is 6.92 Å². The lowest BCUT2D eigenvalue weighted by atomic mass is 9.91. The van der Waals surface area contributed by atoms with Crippen molar-refractivity contribution in [3.63, 3.8) is 0 Å². The molecule has 2 aromatic rings. The molecule has 1 aliphatic carbocycles. The molecule has 1 nitrogen and oxygen atoms in total. The highest BCUT2D eigenvalue weighted by Crippen LogP contribution is 2.40. The van der Waals surface area contributed by atoms with Gasteiger partial charge in [0.2, 0.25) is 0 Å². The zero-order valence-electron chi connectivity index (χ0n) is 14.1. The SMILES string of the molecule is Cc1sc(C(=O)/C=C(/c2cc(Cl)c(Cl)c(Cl)c2)C(F)(F)F)c2c1CCCC2. The van der Waals surface area contributed by atoms with Gasteiger partial charge in [0.25, 0.3) is 0 Å². The van der Waals surface area contributed by atoms with Gasteiger partial charge in [0.15, 0.2) is 5.78 Å². The van der Waals surface area contributed by atoms with Crippen LogP contribution in [0.15, 0.2) is 18.2 Å². The largest absolute Gasteiger partial charge is 0.417 e. The van der Waals surface area contributed by atoms with Gasteiger partial charge in [-0.2, -0.15) is 13.2 Å². The van der Waals surface area contributed by atoms with Crippen LogP contribution in [-0.2, 0) is 12.8 Å². The molecule has 0 bridgehead atoms. The van der Waals surface area contributed by atoms with Gasteiger partial charge in [-0.05, 0) is 67.5 Å². The van der Waals surface area contributed by atoms with E-state index in [0.717, 1.165) is 47.4 Å². The molecule has 1 aromatic carbocycles. The molecule has 27 heavy (non-hydrogen) atoms. The van der Waals surface area contributed by atoms with Crippen LogP contribution in [0.2, 0.25) is 15.1 Å². The number of benzene rings is 1. The van der Waals surface area contributed by atoms with Crippen LogP contribution in [0.4, 0.5) is 13.2 Å². The molecule has 0 spiro atoms. The Balaban J connectivity index is 2.09. The van der Waals surface area contributed by atoms with Gasteiger partial charge < -0.3 is 0 Å². The van der Waals surface area contributed by atoms with Crippen molar-refractivity contribution >= 4 is 57.5 Å². The molecule has 0 fully saturated rings. The summed E-state index contributed by atoms with van der Waals surface area (Å²) in [6.45, 7) is 1.90. The van der Waals surface area contributed by atoms with E-state index in [9.17, 15) is 18.0 Å². The molecular weight excluding hydrogens is 440 g/mol. The van der Waals surface area contributed by atoms with Crippen LogP contribution in [-0.4, -0.2) is 12.0 Å². The van der Waals surface area contributed by atoms with E-state index >= 15 is 0 Å². The Hall–Kier alpha value is -1.01. The molecular formula is C19H14Cl3F3OS. The fraction of sp³-hybridized carbons (Fsp3) is 0.316. The molecule has 0 N–H and O–H groups in total. The summed E-state index contributed by atoms with van der Waals surface area (Å²) in [7, 11) is 0. The number of rotatable bonds is 3. The number of carbonyl (C=O) groups excluding carboxylic acids is 1. The lowest BCUT2D eigenvalue weighted by Gasteiger charge is -2.15. The number of allylic oxidation sites excluding steroid dienone is 2. The van der Waals surface area contributed by atoms with E-state index < -0.39 is 17.5 Å². The van der Waals surface area contributed by atoms with Crippen molar-refractivity contribution in [3.8, 4) is 0 Å². The Bertz CT molecular complexity index is 921. The summed E-state index contributed by atoms with van der Waals surface area (Å²) < 4.78 is 41.0. The maximum absolute atomic E-state index is 13.7. The number of ketones is 1. The summed E-state index contributed by atoms with van der Waals surface area (Å²) in [4.78, 5) is 14.1. The summed E-state index contributed by atoms with van der Waals surface area (Å²) >= 11 is 18.8. The number of carbonyl (C=O) groups is 1. The highest BCUT2D eigenvalue weighted by atomic mass is 35.5. The number of hydrogen-bond donors (Lipinski definition) is 0. The summed E-state index contributed by atoms with van der Waals surface area (Å²) in [5.74, 6) is -0.652. The average Bonchev–Trinajstić information content (AvgIpc) is 2.93. The van der Waals surface area contributed by atoms with Gasteiger partial charge in [-0.25, -0.2) is 0 Å². The molecule has 1 aliphatic rings. The maximum atomic E-state index is 13.7. The van der Waals surface area contributed by atoms with Crippen LogP contribution >= 0.6 is 46.1 Å². The number of hydrogen-bond acceptors (Lipinski definition) is 2. The second-order valence-electron chi connectivity index (χ2n) is 6.33. The highest BCUT2D eigenvalue weighted by Gasteiger charge is 2.36. The molecule has 144 valence electrons. The van der Waals surface area contributed by atoms with E-state index in [2.05, 4.69) is 0 Å². The van der Waals surface area contributed by atoms with Crippen molar-refractivity contribution in [1.29, 1.82) is 0 Å². The van der Waals surface area contributed by atoms with Crippen LogP contribution in [0.3, 0.4) is 0 Å². The van der Waals surface area contributed by atoms with Crippen molar-refractivity contribution in [3.05, 3.63) is 59.7 Å². The minimum atomic E-state index is -4.75. The molecule has 3 rings (SSSR count). The quantitative estimate of drug-likeness (QED) is 0.264. The first-order valence-electron chi connectivity index (χ1n) is 8.19. The van der Waals surface area contributed by atoms with Gasteiger partial charge in [-0.15, -0.1) is 11.3 Å². The molecule has 1 heterocycles. The predicted octanol–water partition coefficient (Wildman–Crippen LogP) is 7.72. The lowest BCUT2D eigenvalue weighted by molar-refractivity contribution is -0.0689. The van der Waals surface area contributed by atoms with E-state index in [0.29, 0.717) is 17.4 Å². The Labute approximate surface area is 173 Å². The first-order chi connectivity index (χ1) is 12.6. The summed E-state index contributed by atoms with van der Waals surface area (Å²) in [6.07, 6.45) is -0.568. The molecule has 0 saturated carbocycles. The fourth-order valence-electron chi connectivity index (χ4n) is 3.26. The Morgan fingerprint density at radius 3 is 2.19 bits per heavy atom. The predicted molar refractivity (Wildman–Crippen MR) is 106 cm³/mol. The van der Waals surface area contributed by atoms with Crippen molar-refractivity contribution in [1.82, 2.24) is 0 Å². The smallest absolute Gasteiger partial charge is 0.288 e. The second-order valence-corrected chi connectivity index (χ2v) is 8.74. The normalized spacial score (nSPS) is 15.0. The monoisotopic (exact) mass is 452 g/mol. The lowest BCUT2D eigenvalue weighted by Crippen LogP contribution is -2.13. The molecule has 0 unspecified atom stereocenters. The van der Waals surface area contributed by atoms with E-state index in [1.807, 2.05) is 6.92 Å². The Morgan fingerprint density at radius 2 is 1.63 bits per heavy atom. The average molecular weight is 454 g/mol. The molecule has 0 aliphatic heterocycles. The van der Waals surface area contributed by atoms with Crippen molar-refractivity contribution in [2.45, 2.75) is 38.8 Å². The Kier molecular flexibility index (Phi) is 5.97. The molecule has 0 radical (unpaired) electrons. The van der Waals surface area contributed by atoms with Crippen molar-refractivity contribution < 1.29 is 18.0 Å². The first kappa shape index (κ1) is 20.7. The summed E-state index contributed by atoms with van der Waals surface area (Å²) in [5.41, 5.74) is 0.605. The topological polar surface area (TPSA) is 17.1 Å². The first-order valence-corrected chi connectivity index (χ1v) is 10.1. The van der Waals surface area contributed by atoms with Crippen LogP contribution in [0.5, 0.6) is 0 Å². The molecule has 0 saturated heterocycles. The number of aryl methyl sites for hydroxylation is 1. The van der Waals surface area contributed by atoms with Crippen molar-refractivity contribution in [2.24, 2.45) is 0 Å². The molecule has 0 atom stereocenters. The standard InChI is InChI=1S/C19H14Cl3F3OS/c1-9-11-4-2-3-5-12(11)18(27-9)16(26)8-13(19(23,24)25)10-6-14(20)17(22)15(21)7-10/h6-8H,2-5H2,1H3/b13-8-. The minimum absolute atomic E-state index is 0.0297. The van der Waals surface area contributed by atoms with Gasteiger partial charge in [-0.1, -0.05) is 34.8 Å². The van der Waals surface area contributed by atoms with Gasteiger partial charge in [0.05, 0.1) is 25.5 Å². The minimum Gasteiger partial charge on any atom is -0.288 e. The Morgan fingerprint density at radius 1 is 1.07 bits per heavy atom. The van der Waals surface area contributed by atoms with E-state index in [-0.39, 0.29) is 20.6 Å².